The molecule has 6 heterocycles. The van der Waals surface area contributed by atoms with Gasteiger partial charge in [-0.3, -0.25) is 14.5 Å². The van der Waals surface area contributed by atoms with Crippen molar-refractivity contribution in [3.8, 4) is 17.1 Å². The van der Waals surface area contributed by atoms with E-state index >= 15 is 0 Å². The first-order valence-electron chi connectivity index (χ1n) is 19.1. The lowest BCUT2D eigenvalue weighted by Gasteiger charge is -2.36. The molecule has 0 spiro atoms. The van der Waals surface area contributed by atoms with Gasteiger partial charge in [-0.25, -0.2) is 23.7 Å². The quantitative estimate of drug-likeness (QED) is 0.153. The second-order valence-corrected chi connectivity index (χ2v) is 15.4. The van der Waals surface area contributed by atoms with E-state index in [1.54, 1.807) is 43.8 Å². The van der Waals surface area contributed by atoms with Crippen LogP contribution in [0.1, 0.15) is 46.6 Å². The summed E-state index contributed by atoms with van der Waals surface area (Å²) in [5.41, 5.74) is 7.93. The van der Waals surface area contributed by atoms with Crippen LogP contribution in [0.25, 0.3) is 39.0 Å². The number of nitrogens with zero attached hydrogens (tertiary/aromatic N) is 7. The van der Waals surface area contributed by atoms with Crippen molar-refractivity contribution in [2.45, 2.75) is 39.3 Å². The smallest absolute Gasteiger partial charge is 0.277 e. The van der Waals surface area contributed by atoms with E-state index in [-0.39, 0.29) is 11.5 Å². The Bertz CT molecular complexity index is 2760. The van der Waals surface area contributed by atoms with Gasteiger partial charge in [-0.2, -0.15) is 4.98 Å². The second kappa shape index (κ2) is 14.0. The van der Waals surface area contributed by atoms with Crippen molar-refractivity contribution in [3.05, 3.63) is 123 Å². The number of carbonyl (C=O) groups is 1. The zero-order chi connectivity index (χ0) is 39.6. The van der Waals surface area contributed by atoms with Gasteiger partial charge in [0.15, 0.2) is 11.5 Å². The van der Waals surface area contributed by atoms with E-state index in [4.69, 9.17) is 4.98 Å². The minimum Gasteiger partial charge on any atom is -0.384 e. The van der Waals surface area contributed by atoms with Crippen LogP contribution in [0.15, 0.2) is 83.8 Å². The van der Waals surface area contributed by atoms with E-state index < -0.39 is 11.4 Å². The summed E-state index contributed by atoms with van der Waals surface area (Å²) in [5, 5.41) is 17.9. The third-order valence-corrected chi connectivity index (χ3v) is 11.1. The molecule has 4 aromatic heterocycles. The van der Waals surface area contributed by atoms with Crippen molar-refractivity contribution in [2.24, 2.45) is 7.05 Å². The number of piperazine rings is 1. The first kappa shape index (κ1) is 36.3. The van der Waals surface area contributed by atoms with Crippen LogP contribution in [0.5, 0.6) is 0 Å². The van der Waals surface area contributed by atoms with Gasteiger partial charge < -0.3 is 25.6 Å². The van der Waals surface area contributed by atoms with Gasteiger partial charge in [0.25, 0.3) is 11.5 Å². The summed E-state index contributed by atoms with van der Waals surface area (Å²) in [6.45, 7) is 10.4. The summed E-state index contributed by atoms with van der Waals surface area (Å²) in [7, 11) is 1.65. The summed E-state index contributed by atoms with van der Waals surface area (Å²) in [5.74, 6) is 0.138. The van der Waals surface area contributed by atoms with Crippen LogP contribution in [0.3, 0.4) is 0 Å². The lowest BCUT2D eigenvalue weighted by atomic mass is 9.97. The molecule has 4 N–H and O–H groups in total. The largest absolute Gasteiger partial charge is 0.384 e. The molecule has 0 aliphatic carbocycles. The highest BCUT2D eigenvalue weighted by atomic mass is 19.1. The number of pyridine rings is 1. The molecule has 2 aliphatic rings. The number of aryl methyl sites for hydroxylation is 1. The lowest BCUT2D eigenvalue weighted by molar-refractivity contribution is 0.0737. The molecule has 2 aliphatic heterocycles. The van der Waals surface area contributed by atoms with E-state index in [0.29, 0.717) is 52.5 Å². The number of aromatic amines is 1. The number of halogens is 1. The molecule has 1 amide bonds. The van der Waals surface area contributed by atoms with Crippen molar-refractivity contribution in [2.75, 3.05) is 42.9 Å². The van der Waals surface area contributed by atoms with E-state index in [1.165, 1.54) is 34.1 Å². The Morgan fingerprint density at radius 3 is 2.51 bits per heavy atom. The highest BCUT2D eigenvalue weighted by Crippen LogP contribution is 2.36. The molecule has 0 radical (unpaired) electrons. The van der Waals surface area contributed by atoms with Crippen molar-refractivity contribution >= 4 is 45.2 Å². The molecule has 3 aromatic carbocycles. The van der Waals surface area contributed by atoms with Crippen LogP contribution in [0, 0.1) is 12.7 Å². The minimum atomic E-state index is -1.15. The fraction of sp³-hybridized carbons (Fsp3) is 0.279. The number of aliphatic hydroxyl groups is 1. The molecular formula is C43H43FN10O3. The molecule has 0 atom stereocenters. The molecule has 1 saturated heterocycles. The average Bonchev–Trinajstić information content (AvgIpc) is 3.61. The third kappa shape index (κ3) is 6.70. The van der Waals surface area contributed by atoms with Gasteiger partial charge in [0.2, 0.25) is 5.95 Å². The third-order valence-electron chi connectivity index (χ3n) is 11.1. The van der Waals surface area contributed by atoms with Crippen LogP contribution in [-0.4, -0.2) is 77.9 Å². The fourth-order valence-electron chi connectivity index (χ4n) is 8.05. The number of carbonyl (C=O) groups excluding carboxylic acids is 1. The topological polar surface area (TPSA) is 149 Å². The first-order valence-corrected chi connectivity index (χ1v) is 19.1. The number of aromatic nitrogens is 6. The van der Waals surface area contributed by atoms with Crippen molar-refractivity contribution < 1.29 is 14.3 Å². The zero-order valence-electron chi connectivity index (χ0n) is 32.2. The number of hydrogen-bond donors (Lipinski definition) is 4. The van der Waals surface area contributed by atoms with Gasteiger partial charge in [-0.15, -0.1) is 0 Å². The van der Waals surface area contributed by atoms with E-state index in [0.717, 1.165) is 66.3 Å². The van der Waals surface area contributed by atoms with Crippen LogP contribution < -0.4 is 21.1 Å². The Kier molecular flexibility index (Phi) is 8.89. The highest BCUT2D eigenvalue weighted by molar-refractivity contribution is 6.10. The summed E-state index contributed by atoms with van der Waals surface area (Å²) in [6.07, 6.45) is 2.20. The summed E-state index contributed by atoms with van der Waals surface area (Å²) < 4.78 is 17.5. The molecule has 9 rings (SSSR count). The molecule has 1 fully saturated rings. The number of H-pyrrole nitrogens is 1. The van der Waals surface area contributed by atoms with Crippen LogP contribution in [0.4, 0.5) is 21.7 Å². The number of hydrogen-bond acceptors (Lipinski definition) is 9. The van der Waals surface area contributed by atoms with Crippen molar-refractivity contribution in [1.29, 1.82) is 0 Å². The maximum absolute atomic E-state index is 14.4. The SMILES string of the molecule is Cc1cc(-c2[nH]c3cc(F)cc4c3c2CCNC4=O)ccc1CN1CCN(c2ccc(Nc3ncc4c(=O)n(C)n(-c5cccc(C(C)(C)O)n5)c4n3)cc2)CC1. The summed E-state index contributed by atoms with van der Waals surface area (Å²) >= 11 is 0. The van der Waals surface area contributed by atoms with Crippen molar-refractivity contribution in [3.63, 3.8) is 0 Å². The van der Waals surface area contributed by atoms with Gasteiger partial charge in [0, 0.05) is 80.5 Å². The molecule has 0 unspecified atom stereocenters. The molecule has 57 heavy (non-hydrogen) atoms. The molecule has 290 valence electrons. The standard InChI is InChI=1S/C43H43FN10O3/c1-25-20-26(38-31-14-15-45-40(55)32-21-28(44)22-34(48-38)37(31)32)8-9-27(25)24-52-16-18-53(19-17-52)30-12-10-29(11-13-30)47-42-46-23-33-39(50-42)54(51(4)41(33)56)36-7-5-6-35(49-36)43(2,3)57/h5-13,20-23,48,57H,14-19,24H2,1-4H3,(H,45,55)(H,46,47,50). The molecule has 13 nitrogen and oxygen atoms in total. The van der Waals surface area contributed by atoms with E-state index in [9.17, 15) is 19.1 Å². The van der Waals surface area contributed by atoms with Crippen LogP contribution in [-0.2, 0) is 25.6 Å². The summed E-state index contributed by atoms with van der Waals surface area (Å²) in [6, 6.07) is 22.8. The fourth-order valence-corrected chi connectivity index (χ4v) is 8.05. The molecule has 7 aromatic rings. The first-order chi connectivity index (χ1) is 27.4. The Morgan fingerprint density at radius 2 is 1.75 bits per heavy atom. The normalized spacial score (nSPS) is 15.0. The van der Waals surface area contributed by atoms with Crippen LogP contribution in [0.2, 0.25) is 0 Å². The Hall–Kier alpha value is -6.38. The Labute approximate surface area is 327 Å². The van der Waals surface area contributed by atoms with Gasteiger partial charge in [0.1, 0.15) is 16.8 Å². The lowest BCUT2D eigenvalue weighted by Crippen LogP contribution is -2.46. The predicted octanol–water partition coefficient (Wildman–Crippen LogP) is 5.69. The molecule has 14 heteroatoms. The number of anilines is 3. The number of benzene rings is 3. The number of fused-ring (bicyclic) bond motifs is 1. The Morgan fingerprint density at radius 1 is 0.965 bits per heavy atom. The van der Waals surface area contributed by atoms with Gasteiger partial charge in [-0.1, -0.05) is 18.2 Å². The summed E-state index contributed by atoms with van der Waals surface area (Å²) in [4.78, 5) is 47.7. The number of rotatable bonds is 8. The predicted molar refractivity (Wildman–Crippen MR) is 219 cm³/mol. The maximum Gasteiger partial charge on any atom is 0.277 e. The monoisotopic (exact) mass is 766 g/mol. The van der Waals surface area contributed by atoms with Gasteiger partial charge >= 0.3 is 0 Å². The zero-order valence-corrected chi connectivity index (χ0v) is 32.2. The van der Waals surface area contributed by atoms with Crippen molar-refractivity contribution in [1.82, 2.24) is 39.5 Å². The van der Waals surface area contributed by atoms with E-state index in [1.807, 2.05) is 12.1 Å². The minimum absolute atomic E-state index is 0.238. The second-order valence-electron chi connectivity index (χ2n) is 15.4. The van der Waals surface area contributed by atoms with Crippen LogP contribution >= 0.6 is 0 Å². The molecular weight excluding hydrogens is 724 g/mol. The number of amides is 1. The molecule has 0 saturated carbocycles. The van der Waals surface area contributed by atoms with E-state index in [2.05, 4.69) is 72.6 Å². The molecule has 0 bridgehead atoms. The maximum atomic E-state index is 14.4. The van der Waals surface area contributed by atoms with Gasteiger partial charge in [0.05, 0.1) is 11.3 Å². The Balaban J connectivity index is 0.854. The van der Waals surface area contributed by atoms with Gasteiger partial charge in [-0.05, 0) is 104 Å². The average molecular weight is 767 g/mol. The number of nitrogens with one attached hydrogen (secondary N) is 3. The highest BCUT2D eigenvalue weighted by Gasteiger charge is 2.25.